The molecule has 1 aromatic heterocycles. The van der Waals surface area contributed by atoms with Crippen LogP contribution in [0.25, 0.3) is 0 Å². The number of benzene rings is 1. The van der Waals surface area contributed by atoms with Gasteiger partial charge in [0.05, 0.1) is 6.17 Å². The van der Waals surface area contributed by atoms with Crippen molar-refractivity contribution < 1.29 is 4.79 Å². The topological polar surface area (TPSA) is 87.1 Å². The number of hydrogen-bond acceptors (Lipinski definition) is 6. The Kier molecular flexibility index (Phi) is 5.91. The number of fused-ring (bicyclic) bond motifs is 6. The summed E-state index contributed by atoms with van der Waals surface area (Å²) in [5, 5.41) is 18.0. The van der Waals surface area contributed by atoms with Crippen molar-refractivity contribution in [1.29, 1.82) is 0 Å². The summed E-state index contributed by atoms with van der Waals surface area (Å²) in [5.74, 6) is 2.62. The third-order valence-corrected chi connectivity index (χ3v) is 6.90. The van der Waals surface area contributed by atoms with Crippen LogP contribution in [0, 0.1) is 5.92 Å². The van der Waals surface area contributed by atoms with Gasteiger partial charge in [-0.05, 0) is 38.2 Å². The second-order valence-corrected chi connectivity index (χ2v) is 9.07. The fourth-order valence-corrected chi connectivity index (χ4v) is 5.46. The summed E-state index contributed by atoms with van der Waals surface area (Å²) in [6.07, 6.45) is 8.45. The molecule has 31 heavy (non-hydrogen) atoms. The minimum absolute atomic E-state index is 0.115. The SMILES string of the molecule is CC1NC2C3CCCCC3n3c(CCCC(=O)NCCc4ccccc4)nnc3N2N1. The second kappa shape index (κ2) is 8.96. The van der Waals surface area contributed by atoms with Crippen molar-refractivity contribution in [1.82, 2.24) is 30.8 Å². The van der Waals surface area contributed by atoms with Crippen LogP contribution < -0.4 is 21.1 Å². The zero-order chi connectivity index (χ0) is 21.2. The Morgan fingerprint density at radius 2 is 2.00 bits per heavy atom. The Hall–Kier alpha value is -2.45. The predicted molar refractivity (Wildman–Crippen MR) is 119 cm³/mol. The minimum Gasteiger partial charge on any atom is -0.356 e. The lowest BCUT2D eigenvalue weighted by atomic mass is 9.81. The van der Waals surface area contributed by atoms with Crippen LogP contribution in [0.3, 0.4) is 0 Å². The largest absolute Gasteiger partial charge is 0.356 e. The molecule has 166 valence electrons. The number of anilines is 1. The Balaban J connectivity index is 1.18. The highest BCUT2D eigenvalue weighted by Crippen LogP contribution is 2.44. The first-order valence-electron chi connectivity index (χ1n) is 11.8. The highest BCUT2D eigenvalue weighted by Gasteiger charge is 2.47. The first-order valence-corrected chi connectivity index (χ1v) is 11.8. The highest BCUT2D eigenvalue weighted by molar-refractivity contribution is 5.75. The van der Waals surface area contributed by atoms with Crippen LogP contribution in [0.2, 0.25) is 0 Å². The number of aryl methyl sites for hydroxylation is 1. The molecule has 3 aliphatic rings. The Labute approximate surface area is 183 Å². The van der Waals surface area contributed by atoms with Crippen molar-refractivity contribution in [2.45, 2.75) is 76.7 Å². The van der Waals surface area contributed by atoms with Crippen LogP contribution in [0.15, 0.2) is 30.3 Å². The Morgan fingerprint density at radius 1 is 1.16 bits per heavy atom. The Bertz CT molecular complexity index is 899. The van der Waals surface area contributed by atoms with Crippen LogP contribution in [0.1, 0.15) is 62.9 Å². The summed E-state index contributed by atoms with van der Waals surface area (Å²) >= 11 is 0. The van der Waals surface area contributed by atoms with Crippen molar-refractivity contribution in [2.75, 3.05) is 11.6 Å². The average molecular weight is 424 g/mol. The number of carbonyl (C=O) groups is 1. The van der Waals surface area contributed by atoms with Gasteiger partial charge >= 0.3 is 0 Å². The van der Waals surface area contributed by atoms with Crippen LogP contribution in [-0.2, 0) is 17.6 Å². The summed E-state index contributed by atoms with van der Waals surface area (Å²) in [6.45, 7) is 2.83. The van der Waals surface area contributed by atoms with Crippen molar-refractivity contribution in [2.24, 2.45) is 5.92 Å². The van der Waals surface area contributed by atoms with E-state index in [-0.39, 0.29) is 12.1 Å². The molecule has 1 aromatic carbocycles. The summed E-state index contributed by atoms with van der Waals surface area (Å²) in [4.78, 5) is 12.3. The molecule has 1 aliphatic carbocycles. The smallest absolute Gasteiger partial charge is 0.243 e. The molecule has 5 rings (SSSR count). The fraction of sp³-hybridized carbons (Fsp3) is 0.609. The molecule has 1 amide bonds. The zero-order valence-corrected chi connectivity index (χ0v) is 18.3. The molecule has 0 bridgehead atoms. The van der Waals surface area contributed by atoms with E-state index in [0.29, 0.717) is 31.1 Å². The summed E-state index contributed by atoms with van der Waals surface area (Å²) < 4.78 is 2.36. The summed E-state index contributed by atoms with van der Waals surface area (Å²) in [7, 11) is 0. The molecule has 1 saturated carbocycles. The molecule has 4 atom stereocenters. The van der Waals surface area contributed by atoms with E-state index in [9.17, 15) is 4.79 Å². The van der Waals surface area contributed by atoms with Gasteiger partial charge in [0, 0.05) is 31.3 Å². The van der Waals surface area contributed by atoms with Crippen LogP contribution in [0.5, 0.6) is 0 Å². The summed E-state index contributed by atoms with van der Waals surface area (Å²) in [5.41, 5.74) is 4.75. The van der Waals surface area contributed by atoms with E-state index >= 15 is 0 Å². The lowest BCUT2D eigenvalue weighted by Crippen LogP contribution is -2.53. The maximum atomic E-state index is 12.3. The minimum atomic E-state index is 0.115. The van der Waals surface area contributed by atoms with Gasteiger partial charge in [0.2, 0.25) is 11.9 Å². The molecule has 2 aromatic rings. The number of hydrazine groups is 1. The molecule has 8 heteroatoms. The van der Waals surface area contributed by atoms with Gasteiger partial charge in [0.1, 0.15) is 12.0 Å². The third kappa shape index (κ3) is 4.19. The van der Waals surface area contributed by atoms with Gasteiger partial charge in [-0.15, -0.1) is 10.2 Å². The fourth-order valence-electron chi connectivity index (χ4n) is 5.46. The molecular formula is C23H33N7O. The maximum Gasteiger partial charge on any atom is 0.243 e. The monoisotopic (exact) mass is 423 g/mol. The first kappa shape index (κ1) is 20.5. The number of nitrogens with one attached hydrogen (secondary N) is 3. The second-order valence-electron chi connectivity index (χ2n) is 9.07. The molecule has 0 radical (unpaired) electrons. The van der Waals surface area contributed by atoms with Crippen molar-refractivity contribution in [3.05, 3.63) is 41.7 Å². The average Bonchev–Trinajstić information content (AvgIpc) is 3.38. The van der Waals surface area contributed by atoms with Gasteiger partial charge in [-0.25, -0.2) is 5.43 Å². The van der Waals surface area contributed by atoms with Gasteiger partial charge in [0.25, 0.3) is 0 Å². The lowest BCUT2D eigenvalue weighted by Gasteiger charge is -2.44. The van der Waals surface area contributed by atoms with Gasteiger partial charge in [-0.1, -0.05) is 43.2 Å². The van der Waals surface area contributed by atoms with Gasteiger partial charge in [-0.2, -0.15) is 0 Å². The molecule has 8 nitrogen and oxygen atoms in total. The van der Waals surface area contributed by atoms with Crippen molar-refractivity contribution in [3.63, 3.8) is 0 Å². The van der Waals surface area contributed by atoms with Gasteiger partial charge in [0.15, 0.2) is 0 Å². The quantitative estimate of drug-likeness (QED) is 0.633. The number of aromatic nitrogens is 3. The van der Waals surface area contributed by atoms with Crippen LogP contribution >= 0.6 is 0 Å². The van der Waals surface area contributed by atoms with Crippen molar-refractivity contribution >= 4 is 11.9 Å². The van der Waals surface area contributed by atoms with E-state index in [1.54, 1.807) is 0 Å². The molecule has 2 fully saturated rings. The standard InChI is InChI=1S/C23H33N7O/c1-16-25-22-18-10-5-6-11-19(18)29-20(26-27-23(29)30(22)28-16)12-7-13-21(31)24-15-14-17-8-3-2-4-9-17/h2-4,8-9,16,18-19,22,25,28H,5-7,10-15H2,1H3,(H,24,31). The lowest BCUT2D eigenvalue weighted by molar-refractivity contribution is -0.121. The van der Waals surface area contributed by atoms with Crippen LogP contribution in [0.4, 0.5) is 5.95 Å². The molecule has 4 unspecified atom stereocenters. The van der Waals surface area contributed by atoms with Crippen LogP contribution in [-0.4, -0.2) is 39.5 Å². The normalized spacial score (nSPS) is 26.8. The first-order chi connectivity index (χ1) is 15.2. The van der Waals surface area contributed by atoms with Gasteiger partial charge in [-0.3, -0.25) is 19.7 Å². The number of nitrogens with zero attached hydrogens (tertiary/aromatic N) is 4. The van der Waals surface area contributed by atoms with E-state index in [4.69, 9.17) is 0 Å². The maximum absolute atomic E-state index is 12.3. The number of amides is 1. The molecule has 3 heterocycles. The summed E-state index contributed by atoms with van der Waals surface area (Å²) in [6, 6.07) is 10.7. The van der Waals surface area contributed by atoms with E-state index in [1.807, 2.05) is 18.2 Å². The number of rotatable bonds is 7. The highest BCUT2D eigenvalue weighted by atomic mass is 16.1. The van der Waals surface area contributed by atoms with E-state index in [1.165, 1.54) is 31.2 Å². The van der Waals surface area contributed by atoms with E-state index < -0.39 is 0 Å². The Morgan fingerprint density at radius 3 is 2.87 bits per heavy atom. The molecule has 3 N–H and O–H groups in total. The molecule has 2 aliphatic heterocycles. The molecule has 0 spiro atoms. The van der Waals surface area contributed by atoms with E-state index in [0.717, 1.165) is 31.0 Å². The predicted octanol–water partition coefficient (Wildman–Crippen LogP) is 2.29. The molecule has 1 saturated heterocycles. The number of carbonyl (C=O) groups excluding carboxylic acids is 1. The third-order valence-electron chi connectivity index (χ3n) is 6.90. The van der Waals surface area contributed by atoms with E-state index in [2.05, 4.69) is 54.9 Å². The zero-order valence-electron chi connectivity index (χ0n) is 18.3. The van der Waals surface area contributed by atoms with Gasteiger partial charge < -0.3 is 5.32 Å². The number of hydrogen-bond donors (Lipinski definition) is 3. The molecular weight excluding hydrogens is 390 g/mol. The van der Waals surface area contributed by atoms with Crippen molar-refractivity contribution in [3.8, 4) is 0 Å².